The van der Waals surface area contributed by atoms with Crippen LogP contribution in [0.1, 0.15) is 0 Å². The topological polar surface area (TPSA) is 51.2 Å². The lowest BCUT2D eigenvalue weighted by atomic mass is 9.93. The minimum atomic E-state index is -0.877. The first-order valence-electron chi connectivity index (χ1n) is 3.12. The number of hydrogen-bond acceptors (Lipinski definition) is 3. The van der Waals surface area contributed by atoms with Crippen LogP contribution in [0.4, 0.5) is 0 Å². The standard InChI is InChI=1S/C8H6O3/c9-4-6-2-1-3-8(11)7(6)5-10/h1-5,7H. The normalized spacial score (nSPS) is 22.7. The number of carbonyl (C=O) groups is 3. The molecule has 0 amide bonds. The summed E-state index contributed by atoms with van der Waals surface area (Å²) in [5.41, 5.74) is 0.229. The molecule has 0 aromatic carbocycles. The van der Waals surface area contributed by atoms with Crippen LogP contribution in [-0.4, -0.2) is 18.4 Å². The lowest BCUT2D eigenvalue weighted by Crippen LogP contribution is -2.19. The average molecular weight is 150 g/mol. The fraction of sp³-hybridized carbons (Fsp3) is 0.125. The molecule has 0 N–H and O–H groups in total. The Morgan fingerprint density at radius 3 is 2.55 bits per heavy atom. The van der Waals surface area contributed by atoms with Gasteiger partial charge >= 0.3 is 0 Å². The Balaban J connectivity index is 2.98. The molecule has 11 heavy (non-hydrogen) atoms. The van der Waals surface area contributed by atoms with E-state index < -0.39 is 5.92 Å². The van der Waals surface area contributed by atoms with Gasteiger partial charge in [0.15, 0.2) is 5.78 Å². The second-order valence-corrected chi connectivity index (χ2v) is 2.16. The zero-order valence-corrected chi connectivity index (χ0v) is 5.69. The summed E-state index contributed by atoms with van der Waals surface area (Å²) >= 11 is 0. The van der Waals surface area contributed by atoms with Crippen LogP contribution >= 0.6 is 0 Å². The zero-order chi connectivity index (χ0) is 8.27. The minimum Gasteiger partial charge on any atom is -0.302 e. The second-order valence-electron chi connectivity index (χ2n) is 2.16. The molecular weight excluding hydrogens is 144 g/mol. The molecular formula is C8H6O3. The summed E-state index contributed by atoms with van der Waals surface area (Å²) in [4.78, 5) is 31.4. The van der Waals surface area contributed by atoms with Gasteiger partial charge in [0.2, 0.25) is 0 Å². The first-order chi connectivity index (χ1) is 5.29. The van der Waals surface area contributed by atoms with E-state index in [-0.39, 0.29) is 11.4 Å². The van der Waals surface area contributed by atoms with Crippen LogP contribution < -0.4 is 0 Å². The molecule has 1 unspecified atom stereocenters. The van der Waals surface area contributed by atoms with E-state index >= 15 is 0 Å². The number of carbonyl (C=O) groups excluding carboxylic acids is 3. The van der Waals surface area contributed by atoms with Crippen molar-refractivity contribution >= 4 is 18.4 Å². The molecule has 3 nitrogen and oxygen atoms in total. The van der Waals surface area contributed by atoms with Gasteiger partial charge in [0.1, 0.15) is 18.5 Å². The first kappa shape index (κ1) is 7.60. The van der Waals surface area contributed by atoms with Crippen LogP contribution in [0.15, 0.2) is 23.8 Å². The minimum absolute atomic E-state index is 0.229. The summed E-state index contributed by atoms with van der Waals surface area (Å²) < 4.78 is 0. The largest absolute Gasteiger partial charge is 0.302 e. The van der Waals surface area contributed by atoms with Crippen molar-refractivity contribution in [3.63, 3.8) is 0 Å². The van der Waals surface area contributed by atoms with E-state index in [1.165, 1.54) is 18.2 Å². The highest BCUT2D eigenvalue weighted by molar-refractivity contribution is 6.08. The Morgan fingerprint density at radius 2 is 2.09 bits per heavy atom. The summed E-state index contributed by atoms with van der Waals surface area (Å²) in [6.07, 6.45) is 5.22. The maximum atomic E-state index is 10.9. The lowest BCUT2D eigenvalue weighted by Gasteiger charge is -2.07. The molecule has 0 heterocycles. The molecule has 56 valence electrons. The molecule has 0 saturated carbocycles. The van der Waals surface area contributed by atoms with Crippen molar-refractivity contribution < 1.29 is 14.4 Å². The predicted octanol–water partition coefficient (Wildman–Crippen LogP) is 0.0657. The third-order valence-corrected chi connectivity index (χ3v) is 1.49. The van der Waals surface area contributed by atoms with E-state index in [1.807, 2.05) is 0 Å². The molecule has 1 aliphatic rings. The van der Waals surface area contributed by atoms with Gasteiger partial charge in [-0.05, 0) is 6.08 Å². The van der Waals surface area contributed by atoms with E-state index in [4.69, 9.17) is 0 Å². The number of allylic oxidation sites excluding steroid dienone is 4. The monoisotopic (exact) mass is 150 g/mol. The van der Waals surface area contributed by atoms with Crippen LogP contribution in [0.2, 0.25) is 0 Å². The van der Waals surface area contributed by atoms with E-state index in [2.05, 4.69) is 0 Å². The Bertz CT molecular complexity index is 261. The van der Waals surface area contributed by atoms with Crippen LogP contribution in [-0.2, 0) is 14.4 Å². The average Bonchev–Trinajstić information content (AvgIpc) is 2.04. The van der Waals surface area contributed by atoms with Gasteiger partial charge in [-0.15, -0.1) is 0 Å². The van der Waals surface area contributed by atoms with Crippen LogP contribution in [0.5, 0.6) is 0 Å². The summed E-state index contributed by atoms with van der Waals surface area (Å²) in [5.74, 6) is -1.21. The van der Waals surface area contributed by atoms with Gasteiger partial charge in [0, 0.05) is 5.57 Å². The molecule has 3 heteroatoms. The summed E-state index contributed by atoms with van der Waals surface area (Å²) in [5, 5.41) is 0. The fourth-order valence-electron chi connectivity index (χ4n) is 0.884. The van der Waals surface area contributed by atoms with Gasteiger partial charge in [0.05, 0.1) is 0 Å². The maximum Gasteiger partial charge on any atom is 0.170 e. The lowest BCUT2D eigenvalue weighted by molar-refractivity contribution is -0.123. The Hall–Kier alpha value is -1.51. The molecule has 1 rings (SSSR count). The van der Waals surface area contributed by atoms with Gasteiger partial charge in [-0.2, -0.15) is 0 Å². The maximum absolute atomic E-state index is 10.9. The van der Waals surface area contributed by atoms with Gasteiger partial charge in [-0.1, -0.05) is 12.2 Å². The molecule has 0 radical (unpaired) electrons. The molecule has 0 aliphatic heterocycles. The van der Waals surface area contributed by atoms with Crippen molar-refractivity contribution in [2.24, 2.45) is 5.92 Å². The van der Waals surface area contributed by atoms with Crippen molar-refractivity contribution in [3.05, 3.63) is 23.8 Å². The number of ketones is 1. The number of aldehydes is 2. The van der Waals surface area contributed by atoms with E-state index in [1.54, 1.807) is 0 Å². The SMILES string of the molecule is O=CC1=CC=CC(=O)C1C=O. The van der Waals surface area contributed by atoms with E-state index in [0.717, 1.165) is 0 Å². The second kappa shape index (κ2) is 3.05. The van der Waals surface area contributed by atoms with Crippen molar-refractivity contribution in [2.45, 2.75) is 0 Å². The van der Waals surface area contributed by atoms with Crippen molar-refractivity contribution in [2.75, 3.05) is 0 Å². The van der Waals surface area contributed by atoms with Gasteiger partial charge in [0.25, 0.3) is 0 Å². The van der Waals surface area contributed by atoms with Gasteiger partial charge < -0.3 is 4.79 Å². The molecule has 0 fully saturated rings. The molecule has 1 atom stereocenters. The highest BCUT2D eigenvalue weighted by atomic mass is 16.1. The van der Waals surface area contributed by atoms with Crippen LogP contribution in [0.3, 0.4) is 0 Å². The van der Waals surface area contributed by atoms with E-state index in [9.17, 15) is 14.4 Å². The quantitative estimate of drug-likeness (QED) is 0.413. The Morgan fingerprint density at radius 1 is 1.36 bits per heavy atom. The van der Waals surface area contributed by atoms with E-state index in [0.29, 0.717) is 12.6 Å². The van der Waals surface area contributed by atoms with Crippen molar-refractivity contribution in [1.29, 1.82) is 0 Å². The summed E-state index contributed by atoms with van der Waals surface area (Å²) in [6.45, 7) is 0. The molecule has 0 bridgehead atoms. The van der Waals surface area contributed by atoms with Crippen molar-refractivity contribution in [1.82, 2.24) is 0 Å². The molecule has 1 aliphatic carbocycles. The van der Waals surface area contributed by atoms with Gasteiger partial charge in [-0.25, -0.2) is 0 Å². The fourth-order valence-corrected chi connectivity index (χ4v) is 0.884. The first-order valence-corrected chi connectivity index (χ1v) is 3.12. The highest BCUT2D eigenvalue weighted by Gasteiger charge is 2.21. The molecule has 0 aromatic rings. The Labute approximate surface area is 63.4 Å². The number of rotatable bonds is 2. The zero-order valence-electron chi connectivity index (χ0n) is 5.69. The molecule has 0 aromatic heterocycles. The Kier molecular flexibility index (Phi) is 2.11. The van der Waals surface area contributed by atoms with Gasteiger partial charge in [-0.3, -0.25) is 9.59 Å². The van der Waals surface area contributed by atoms with Crippen molar-refractivity contribution in [3.8, 4) is 0 Å². The third kappa shape index (κ3) is 1.32. The molecule has 0 spiro atoms. The number of hydrogen-bond donors (Lipinski definition) is 0. The third-order valence-electron chi connectivity index (χ3n) is 1.49. The molecule has 0 saturated heterocycles. The smallest absolute Gasteiger partial charge is 0.170 e. The summed E-state index contributed by atoms with van der Waals surface area (Å²) in [7, 11) is 0. The highest BCUT2D eigenvalue weighted by Crippen LogP contribution is 2.12. The van der Waals surface area contributed by atoms with Crippen LogP contribution in [0.25, 0.3) is 0 Å². The van der Waals surface area contributed by atoms with Crippen LogP contribution in [0, 0.1) is 5.92 Å². The summed E-state index contributed by atoms with van der Waals surface area (Å²) in [6, 6.07) is 0. The predicted molar refractivity (Wildman–Crippen MR) is 37.8 cm³/mol.